The second-order valence-electron chi connectivity index (χ2n) is 3.82. The van der Waals surface area contributed by atoms with Gasteiger partial charge in [-0.05, 0) is 25.5 Å². The van der Waals surface area contributed by atoms with Crippen LogP contribution in [0, 0.1) is 19.7 Å². The number of nitrogens with zero attached hydrogens (tertiary/aromatic N) is 2. The first-order valence-electron chi connectivity index (χ1n) is 5.34. The molecule has 5 heteroatoms. The molecule has 0 amide bonds. The number of halogens is 1. The molecule has 92 valence electrons. The maximum Gasteiger partial charge on any atom is 0.364 e. The van der Waals surface area contributed by atoms with Crippen LogP contribution in [0.4, 0.5) is 4.39 Å². The normalized spacial score (nSPS) is 10.2. The molecule has 0 fully saturated rings. The predicted molar refractivity (Wildman–Crippen MR) is 62.9 cm³/mol. The van der Waals surface area contributed by atoms with Crippen molar-refractivity contribution in [2.75, 3.05) is 0 Å². The molecule has 0 saturated heterocycles. The largest absolute Gasteiger partial charge is 0.419 e. The van der Waals surface area contributed by atoms with Gasteiger partial charge in [0, 0.05) is 6.20 Å². The number of aromatic nitrogens is 2. The molecular weight excluding hydrogens is 235 g/mol. The number of hydrogen-bond acceptors (Lipinski definition) is 4. The van der Waals surface area contributed by atoms with Crippen molar-refractivity contribution in [2.24, 2.45) is 0 Å². The number of ether oxygens (including phenoxy) is 1. The fourth-order valence-corrected chi connectivity index (χ4v) is 1.35. The molecule has 0 spiro atoms. The Balaban J connectivity index is 2.21. The summed E-state index contributed by atoms with van der Waals surface area (Å²) in [5.74, 6) is -1.39. The van der Waals surface area contributed by atoms with Gasteiger partial charge in [-0.1, -0.05) is 12.1 Å². The van der Waals surface area contributed by atoms with Gasteiger partial charge in [0.15, 0.2) is 17.3 Å². The molecule has 0 N–H and O–H groups in total. The Morgan fingerprint density at radius 3 is 2.67 bits per heavy atom. The van der Waals surface area contributed by atoms with Gasteiger partial charge < -0.3 is 4.74 Å². The Morgan fingerprint density at radius 2 is 2.00 bits per heavy atom. The van der Waals surface area contributed by atoms with Crippen LogP contribution in [0.1, 0.15) is 21.7 Å². The van der Waals surface area contributed by atoms with Gasteiger partial charge in [0.25, 0.3) is 0 Å². The Hall–Kier alpha value is -2.30. The van der Waals surface area contributed by atoms with Crippen LogP contribution >= 0.6 is 0 Å². The summed E-state index contributed by atoms with van der Waals surface area (Å²) in [5, 5.41) is 0. The summed E-state index contributed by atoms with van der Waals surface area (Å²) in [7, 11) is 0. The van der Waals surface area contributed by atoms with Gasteiger partial charge >= 0.3 is 5.97 Å². The average molecular weight is 246 g/mol. The minimum absolute atomic E-state index is 0.0431. The van der Waals surface area contributed by atoms with E-state index in [4.69, 9.17) is 4.74 Å². The minimum Gasteiger partial charge on any atom is -0.419 e. The van der Waals surface area contributed by atoms with Gasteiger partial charge in [-0.2, -0.15) is 0 Å². The molecule has 4 nitrogen and oxygen atoms in total. The Morgan fingerprint density at radius 1 is 1.22 bits per heavy atom. The van der Waals surface area contributed by atoms with E-state index in [1.54, 1.807) is 26.0 Å². The minimum atomic E-state index is -0.730. The molecule has 0 aliphatic rings. The lowest BCUT2D eigenvalue weighted by atomic mass is 10.2. The van der Waals surface area contributed by atoms with Crippen molar-refractivity contribution in [1.29, 1.82) is 0 Å². The zero-order valence-corrected chi connectivity index (χ0v) is 9.98. The maximum absolute atomic E-state index is 13.6. The summed E-state index contributed by atoms with van der Waals surface area (Å²) in [6.45, 7) is 3.35. The van der Waals surface area contributed by atoms with Gasteiger partial charge in [0.1, 0.15) is 0 Å². The van der Waals surface area contributed by atoms with Gasteiger partial charge in [-0.15, -0.1) is 0 Å². The molecule has 0 aliphatic heterocycles. The molecule has 0 bridgehead atoms. The Bertz CT molecular complexity index is 582. The van der Waals surface area contributed by atoms with Crippen LogP contribution in [0.25, 0.3) is 0 Å². The highest BCUT2D eigenvalue weighted by atomic mass is 19.1. The summed E-state index contributed by atoms with van der Waals surface area (Å²) in [5.41, 5.74) is 1.14. The molecule has 0 radical (unpaired) electrons. The van der Waals surface area contributed by atoms with Crippen LogP contribution in [-0.2, 0) is 0 Å². The summed E-state index contributed by atoms with van der Waals surface area (Å²) in [6.07, 6.45) is 2.74. The summed E-state index contributed by atoms with van der Waals surface area (Å²) < 4.78 is 18.6. The standard InChI is InChI=1S/C13H11FN2O2/c1-8-4-3-5-11(12(8)14)18-13(17)10-7-15-9(2)6-16-10/h3-7H,1-2H3. The van der Waals surface area contributed by atoms with Crippen molar-refractivity contribution < 1.29 is 13.9 Å². The number of carbonyl (C=O) groups excluding carboxylic acids is 1. The summed E-state index contributed by atoms with van der Waals surface area (Å²) in [4.78, 5) is 19.5. The van der Waals surface area contributed by atoms with Crippen molar-refractivity contribution >= 4 is 5.97 Å². The summed E-state index contributed by atoms with van der Waals surface area (Å²) >= 11 is 0. The first-order valence-corrected chi connectivity index (χ1v) is 5.34. The fourth-order valence-electron chi connectivity index (χ4n) is 1.35. The molecule has 1 aromatic carbocycles. The van der Waals surface area contributed by atoms with Gasteiger partial charge in [0.05, 0.1) is 11.9 Å². The van der Waals surface area contributed by atoms with Crippen LogP contribution in [0.3, 0.4) is 0 Å². The lowest BCUT2D eigenvalue weighted by Gasteiger charge is -2.06. The number of aryl methyl sites for hydroxylation is 2. The fraction of sp³-hybridized carbons (Fsp3) is 0.154. The lowest BCUT2D eigenvalue weighted by Crippen LogP contribution is -2.12. The molecule has 2 aromatic rings. The third-order valence-corrected chi connectivity index (χ3v) is 2.35. The van der Waals surface area contributed by atoms with Gasteiger partial charge in [0.2, 0.25) is 0 Å². The number of carbonyl (C=O) groups is 1. The van der Waals surface area contributed by atoms with Gasteiger partial charge in [-0.25, -0.2) is 14.2 Å². The molecule has 1 heterocycles. The molecule has 1 aromatic heterocycles. The molecule has 2 rings (SSSR count). The van der Waals surface area contributed by atoms with Gasteiger partial charge in [-0.3, -0.25) is 4.98 Å². The zero-order valence-electron chi connectivity index (χ0n) is 9.98. The van der Waals surface area contributed by atoms with Crippen molar-refractivity contribution in [3.05, 3.63) is 53.4 Å². The van der Waals surface area contributed by atoms with Crippen LogP contribution in [0.15, 0.2) is 30.6 Å². The van der Waals surface area contributed by atoms with Crippen molar-refractivity contribution in [2.45, 2.75) is 13.8 Å². The van der Waals surface area contributed by atoms with E-state index >= 15 is 0 Å². The third kappa shape index (κ3) is 2.51. The van der Waals surface area contributed by atoms with E-state index in [2.05, 4.69) is 9.97 Å². The SMILES string of the molecule is Cc1cnc(C(=O)Oc2cccc(C)c2F)cn1. The molecule has 0 aliphatic carbocycles. The van der Waals surface area contributed by atoms with Crippen LogP contribution in [-0.4, -0.2) is 15.9 Å². The highest BCUT2D eigenvalue weighted by molar-refractivity contribution is 5.88. The van der Waals surface area contributed by atoms with E-state index in [9.17, 15) is 9.18 Å². The lowest BCUT2D eigenvalue weighted by molar-refractivity contribution is 0.0721. The molecular formula is C13H11FN2O2. The number of benzene rings is 1. The smallest absolute Gasteiger partial charge is 0.364 e. The highest BCUT2D eigenvalue weighted by Gasteiger charge is 2.14. The van der Waals surface area contributed by atoms with Crippen molar-refractivity contribution in [1.82, 2.24) is 9.97 Å². The van der Waals surface area contributed by atoms with E-state index < -0.39 is 11.8 Å². The monoisotopic (exact) mass is 246 g/mol. The molecule has 0 atom stereocenters. The first kappa shape index (κ1) is 12.2. The quantitative estimate of drug-likeness (QED) is 0.603. The van der Waals surface area contributed by atoms with E-state index in [-0.39, 0.29) is 11.4 Å². The zero-order chi connectivity index (χ0) is 13.1. The average Bonchev–Trinajstić information content (AvgIpc) is 2.36. The number of hydrogen-bond donors (Lipinski definition) is 0. The first-order chi connectivity index (χ1) is 8.58. The van der Waals surface area contributed by atoms with E-state index in [1.165, 1.54) is 18.5 Å². The van der Waals surface area contributed by atoms with E-state index in [0.717, 1.165) is 0 Å². The number of rotatable bonds is 2. The van der Waals surface area contributed by atoms with E-state index in [1.807, 2.05) is 0 Å². The topological polar surface area (TPSA) is 52.1 Å². The van der Waals surface area contributed by atoms with Crippen LogP contribution in [0.5, 0.6) is 5.75 Å². The third-order valence-electron chi connectivity index (χ3n) is 2.35. The molecule has 0 saturated carbocycles. The van der Waals surface area contributed by atoms with Crippen molar-refractivity contribution in [3.8, 4) is 5.75 Å². The van der Waals surface area contributed by atoms with Crippen molar-refractivity contribution in [3.63, 3.8) is 0 Å². The predicted octanol–water partition coefficient (Wildman–Crippen LogP) is 2.45. The van der Waals surface area contributed by atoms with Crippen LogP contribution in [0.2, 0.25) is 0 Å². The second-order valence-corrected chi connectivity index (χ2v) is 3.82. The van der Waals surface area contributed by atoms with Crippen LogP contribution < -0.4 is 4.74 Å². The Labute approximate surface area is 103 Å². The molecule has 18 heavy (non-hydrogen) atoms. The summed E-state index contributed by atoms with van der Waals surface area (Å²) in [6, 6.07) is 4.60. The van der Waals surface area contributed by atoms with E-state index in [0.29, 0.717) is 11.3 Å². The number of esters is 1. The highest BCUT2D eigenvalue weighted by Crippen LogP contribution is 2.20. The maximum atomic E-state index is 13.6. The molecule has 0 unspecified atom stereocenters. The second kappa shape index (κ2) is 4.91. The Kier molecular flexibility index (Phi) is 3.32.